The Morgan fingerprint density at radius 1 is 0.263 bits per heavy atom. The lowest BCUT2D eigenvalue weighted by Crippen LogP contribution is -2.30. The van der Waals surface area contributed by atoms with Crippen molar-refractivity contribution in [1.82, 2.24) is 0 Å². The van der Waals surface area contributed by atoms with Crippen molar-refractivity contribution >= 4 is 17.9 Å². The van der Waals surface area contributed by atoms with Crippen LogP contribution in [0, 0.1) is 0 Å². The summed E-state index contributed by atoms with van der Waals surface area (Å²) in [4.78, 5) is 38.1. The van der Waals surface area contributed by atoms with E-state index in [1.807, 2.05) is 0 Å². The minimum Gasteiger partial charge on any atom is -0.462 e. The molecule has 1 atom stereocenters. The van der Waals surface area contributed by atoms with Crippen molar-refractivity contribution < 1.29 is 28.6 Å². The fraction of sp³-hybridized carbons (Fsp3) is 0.814. The van der Waals surface area contributed by atoms with E-state index in [0.29, 0.717) is 19.3 Å². The summed E-state index contributed by atoms with van der Waals surface area (Å²) in [6.45, 7) is 6.61. The summed E-state index contributed by atoms with van der Waals surface area (Å²) >= 11 is 0. The fourth-order valence-electron chi connectivity index (χ4n) is 9.72. The summed E-state index contributed by atoms with van der Waals surface area (Å²) in [5.74, 6) is -0.864. The fourth-order valence-corrected chi connectivity index (χ4v) is 9.72. The molecule has 442 valence electrons. The number of allylic oxidation sites excluding steroid dienone is 10. The SMILES string of the molecule is CCCCC/C=C\C/C=C\CCCCCCCCCCCC(=O)OC(COC(=O)CCCCCCCCCC)COC(=O)CCCCCCCCCCCCCCCCCC/C=C\C/C=C\C/C=C\CCCCCCC. The summed E-state index contributed by atoms with van der Waals surface area (Å²) in [5, 5.41) is 0. The molecule has 0 aromatic heterocycles. The van der Waals surface area contributed by atoms with E-state index in [2.05, 4.69) is 81.5 Å². The molecule has 0 aromatic carbocycles. The summed E-state index contributed by atoms with van der Waals surface area (Å²) in [7, 11) is 0. The van der Waals surface area contributed by atoms with E-state index < -0.39 is 6.10 Å². The Kier molecular flexibility index (Phi) is 62.2. The van der Waals surface area contributed by atoms with Crippen LogP contribution in [0.1, 0.15) is 348 Å². The standard InChI is InChI=1S/C70H126O6/c1-4-7-10-13-16-19-21-23-25-27-29-30-31-32-33-34-35-36-37-38-39-40-42-43-45-47-49-51-54-57-60-63-69(72)75-66-67(65-74-68(71)62-59-56-53-18-15-12-9-6-3)76-70(73)64-61-58-55-52-50-48-46-44-41-28-26-24-22-20-17-14-11-8-5-2/h17,20-21,23-24,26-27,29,31-32,67H,4-16,18-19,22,25,28,30,33-66H2,1-3H3/b20-17-,23-21-,26-24-,29-27-,32-31-. The third-order valence-electron chi connectivity index (χ3n) is 14.7. The number of carbonyl (C=O) groups excluding carboxylic acids is 3. The van der Waals surface area contributed by atoms with Crippen LogP contribution in [-0.4, -0.2) is 37.2 Å². The second-order valence-corrected chi connectivity index (χ2v) is 22.4. The first-order chi connectivity index (χ1) is 37.5. The van der Waals surface area contributed by atoms with Gasteiger partial charge in [0, 0.05) is 19.3 Å². The highest BCUT2D eigenvalue weighted by Crippen LogP contribution is 2.17. The van der Waals surface area contributed by atoms with Gasteiger partial charge in [-0.15, -0.1) is 0 Å². The van der Waals surface area contributed by atoms with Crippen molar-refractivity contribution in [3.8, 4) is 0 Å². The van der Waals surface area contributed by atoms with Gasteiger partial charge in [0.2, 0.25) is 0 Å². The van der Waals surface area contributed by atoms with Crippen molar-refractivity contribution in [3.05, 3.63) is 60.8 Å². The summed E-state index contributed by atoms with van der Waals surface area (Å²) < 4.78 is 16.9. The van der Waals surface area contributed by atoms with Crippen LogP contribution in [0.15, 0.2) is 60.8 Å². The second-order valence-electron chi connectivity index (χ2n) is 22.4. The molecule has 76 heavy (non-hydrogen) atoms. The van der Waals surface area contributed by atoms with Crippen LogP contribution in [0.25, 0.3) is 0 Å². The van der Waals surface area contributed by atoms with Crippen LogP contribution in [-0.2, 0) is 28.6 Å². The summed E-state index contributed by atoms with van der Waals surface area (Å²) in [6, 6.07) is 0. The lowest BCUT2D eigenvalue weighted by Gasteiger charge is -2.18. The number of unbranched alkanes of at least 4 members (excludes halogenated alkanes) is 40. The molecule has 0 fully saturated rings. The van der Waals surface area contributed by atoms with Gasteiger partial charge < -0.3 is 14.2 Å². The van der Waals surface area contributed by atoms with E-state index >= 15 is 0 Å². The van der Waals surface area contributed by atoms with E-state index in [1.54, 1.807) is 0 Å². The zero-order valence-electron chi connectivity index (χ0n) is 50.8. The van der Waals surface area contributed by atoms with E-state index in [-0.39, 0.29) is 31.1 Å². The molecule has 6 nitrogen and oxygen atoms in total. The smallest absolute Gasteiger partial charge is 0.306 e. The summed E-state index contributed by atoms with van der Waals surface area (Å²) in [5.41, 5.74) is 0. The minimum absolute atomic E-state index is 0.0722. The molecule has 0 radical (unpaired) electrons. The van der Waals surface area contributed by atoms with Crippen molar-refractivity contribution in [2.24, 2.45) is 0 Å². The van der Waals surface area contributed by atoms with Gasteiger partial charge in [0.15, 0.2) is 6.10 Å². The number of hydrogen-bond donors (Lipinski definition) is 0. The van der Waals surface area contributed by atoms with Gasteiger partial charge in [0.05, 0.1) is 0 Å². The molecule has 6 heteroatoms. The number of rotatable bonds is 61. The van der Waals surface area contributed by atoms with Crippen molar-refractivity contribution in [2.75, 3.05) is 13.2 Å². The quantitative estimate of drug-likeness (QED) is 0.0261. The zero-order valence-corrected chi connectivity index (χ0v) is 50.8. The first kappa shape index (κ1) is 73.1. The van der Waals surface area contributed by atoms with Crippen molar-refractivity contribution in [1.29, 1.82) is 0 Å². The molecule has 0 aliphatic heterocycles. The van der Waals surface area contributed by atoms with Gasteiger partial charge in [-0.2, -0.15) is 0 Å². The third kappa shape index (κ3) is 62.0. The maximum atomic E-state index is 12.9. The number of ether oxygens (including phenoxy) is 3. The van der Waals surface area contributed by atoms with Crippen LogP contribution in [0.4, 0.5) is 0 Å². The molecule has 0 spiro atoms. The van der Waals surface area contributed by atoms with E-state index in [9.17, 15) is 14.4 Å². The lowest BCUT2D eigenvalue weighted by molar-refractivity contribution is -0.167. The van der Waals surface area contributed by atoms with E-state index in [4.69, 9.17) is 14.2 Å². The maximum Gasteiger partial charge on any atom is 0.306 e. The zero-order chi connectivity index (χ0) is 55.0. The molecule has 0 aromatic rings. The number of hydrogen-bond acceptors (Lipinski definition) is 6. The number of carbonyl (C=O) groups is 3. The highest BCUT2D eigenvalue weighted by atomic mass is 16.6. The van der Waals surface area contributed by atoms with Crippen LogP contribution in [0.2, 0.25) is 0 Å². The molecule has 0 N–H and O–H groups in total. The third-order valence-corrected chi connectivity index (χ3v) is 14.7. The molecule has 1 unspecified atom stereocenters. The van der Waals surface area contributed by atoms with Gasteiger partial charge in [-0.1, -0.05) is 300 Å². The predicted molar refractivity (Wildman–Crippen MR) is 330 cm³/mol. The van der Waals surface area contributed by atoms with Gasteiger partial charge in [0.25, 0.3) is 0 Å². The lowest BCUT2D eigenvalue weighted by atomic mass is 10.0. The van der Waals surface area contributed by atoms with Crippen LogP contribution < -0.4 is 0 Å². The first-order valence-corrected chi connectivity index (χ1v) is 33.3. The van der Waals surface area contributed by atoms with E-state index in [0.717, 1.165) is 77.0 Å². The minimum atomic E-state index is -0.773. The van der Waals surface area contributed by atoms with Crippen LogP contribution in [0.3, 0.4) is 0 Å². The van der Waals surface area contributed by atoms with Gasteiger partial charge in [-0.05, 0) is 89.9 Å². The highest BCUT2D eigenvalue weighted by Gasteiger charge is 2.19. The molecule has 0 aliphatic rings. The molecular weight excluding hydrogens is 937 g/mol. The monoisotopic (exact) mass is 1060 g/mol. The Labute approximate surface area is 472 Å². The van der Waals surface area contributed by atoms with Crippen molar-refractivity contribution in [2.45, 2.75) is 354 Å². The second kappa shape index (κ2) is 64.6. The largest absolute Gasteiger partial charge is 0.462 e. The molecule has 0 saturated carbocycles. The van der Waals surface area contributed by atoms with Crippen LogP contribution in [0.5, 0.6) is 0 Å². The molecule has 0 amide bonds. The van der Waals surface area contributed by atoms with Gasteiger partial charge in [0.1, 0.15) is 13.2 Å². The Bertz CT molecular complexity index is 1360. The molecule has 0 heterocycles. The van der Waals surface area contributed by atoms with Gasteiger partial charge in [-0.25, -0.2) is 0 Å². The molecule has 0 bridgehead atoms. The molecule has 0 rings (SSSR count). The molecule has 0 aliphatic carbocycles. The maximum absolute atomic E-state index is 12.9. The van der Waals surface area contributed by atoms with Crippen LogP contribution >= 0.6 is 0 Å². The highest BCUT2D eigenvalue weighted by molar-refractivity contribution is 5.71. The number of esters is 3. The van der Waals surface area contributed by atoms with E-state index in [1.165, 1.54) is 231 Å². The summed E-state index contributed by atoms with van der Waals surface area (Å²) in [6.07, 6.45) is 82.6. The molecular formula is C70H126O6. The first-order valence-electron chi connectivity index (χ1n) is 33.3. The van der Waals surface area contributed by atoms with Crippen molar-refractivity contribution in [3.63, 3.8) is 0 Å². The normalized spacial score (nSPS) is 12.4. The van der Waals surface area contributed by atoms with Gasteiger partial charge in [-0.3, -0.25) is 14.4 Å². The predicted octanol–water partition coefficient (Wildman–Crippen LogP) is 22.7. The average molecular weight is 1060 g/mol. The molecule has 0 saturated heterocycles. The Balaban J connectivity index is 4.08. The average Bonchev–Trinajstić information content (AvgIpc) is 3.42. The topological polar surface area (TPSA) is 78.9 Å². The Morgan fingerprint density at radius 2 is 0.474 bits per heavy atom. The Hall–Kier alpha value is -2.89. The Morgan fingerprint density at radius 3 is 0.763 bits per heavy atom. The van der Waals surface area contributed by atoms with Gasteiger partial charge >= 0.3 is 17.9 Å².